The number of primary amides is 1. The van der Waals surface area contributed by atoms with E-state index in [9.17, 15) is 9.59 Å². The summed E-state index contributed by atoms with van der Waals surface area (Å²) in [7, 11) is 0. The Bertz CT molecular complexity index is 693. The first-order valence-electron chi connectivity index (χ1n) is 7.45. The van der Waals surface area contributed by atoms with E-state index in [-0.39, 0.29) is 37.1 Å². The maximum atomic E-state index is 11.8. The minimum absolute atomic E-state index is 0.102. The average molecular weight is 329 g/mol. The second-order valence-corrected chi connectivity index (χ2v) is 4.92. The predicted octanol–water partition coefficient (Wildman–Crippen LogP) is 0.212. The molecule has 4 N–H and O–H groups in total. The third kappa shape index (κ3) is 4.75. The van der Waals surface area contributed by atoms with Crippen molar-refractivity contribution in [3.8, 4) is 0 Å². The number of rotatable bonds is 8. The lowest BCUT2D eigenvalue weighted by Gasteiger charge is -2.22. The van der Waals surface area contributed by atoms with E-state index in [4.69, 9.17) is 10.8 Å². The third-order valence-corrected chi connectivity index (χ3v) is 3.20. The van der Waals surface area contributed by atoms with Gasteiger partial charge in [-0.2, -0.15) is 0 Å². The van der Waals surface area contributed by atoms with Crippen LogP contribution in [-0.4, -0.2) is 46.6 Å². The van der Waals surface area contributed by atoms with Crippen LogP contribution < -0.4 is 16.0 Å². The van der Waals surface area contributed by atoms with Gasteiger partial charge in [0.15, 0.2) is 0 Å². The van der Waals surface area contributed by atoms with Crippen molar-refractivity contribution in [1.82, 2.24) is 15.3 Å². The van der Waals surface area contributed by atoms with E-state index >= 15 is 0 Å². The maximum absolute atomic E-state index is 11.8. The van der Waals surface area contributed by atoms with Gasteiger partial charge in [0, 0.05) is 31.4 Å². The number of carbonyl (C=O) groups is 2. The molecule has 1 aromatic heterocycles. The van der Waals surface area contributed by atoms with Gasteiger partial charge in [0.1, 0.15) is 5.69 Å². The first-order chi connectivity index (χ1) is 11.6. The number of anilines is 2. The van der Waals surface area contributed by atoms with Crippen LogP contribution in [0, 0.1) is 0 Å². The minimum Gasteiger partial charge on any atom is -0.395 e. The van der Waals surface area contributed by atoms with Gasteiger partial charge in [-0.05, 0) is 18.2 Å². The van der Waals surface area contributed by atoms with Gasteiger partial charge in [-0.15, -0.1) is 0 Å². The summed E-state index contributed by atoms with van der Waals surface area (Å²) >= 11 is 0. The van der Waals surface area contributed by atoms with Gasteiger partial charge < -0.3 is 21.1 Å². The molecule has 0 aliphatic rings. The Labute approximate surface area is 139 Å². The quantitative estimate of drug-likeness (QED) is 0.636. The highest BCUT2D eigenvalue weighted by atomic mass is 16.3. The molecule has 2 aromatic rings. The van der Waals surface area contributed by atoms with Gasteiger partial charge in [-0.25, -0.2) is 9.97 Å². The highest BCUT2D eigenvalue weighted by molar-refractivity contribution is 5.91. The normalized spacial score (nSPS) is 10.2. The fourth-order valence-electron chi connectivity index (χ4n) is 2.07. The van der Waals surface area contributed by atoms with Crippen molar-refractivity contribution in [2.75, 3.05) is 24.6 Å². The van der Waals surface area contributed by atoms with Crippen LogP contribution in [0.25, 0.3) is 0 Å². The standard InChI is InChI=1S/C16H19N5O3/c17-15(24)13-6-8-19-16(20-13)21(12-4-2-1-3-5-12)10-7-14(23)18-9-11-22/h1-6,8,22H,7,9-11H2,(H2,17,24)(H,18,23). The molecular formula is C16H19N5O3. The van der Waals surface area contributed by atoms with Crippen LogP contribution in [0.4, 0.5) is 11.6 Å². The summed E-state index contributed by atoms with van der Waals surface area (Å²) in [6.45, 7) is 0.402. The molecule has 0 aliphatic carbocycles. The number of aromatic nitrogens is 2. The SMILES string of the molecule is NC(=O)c1ccnc(N(CCC(=O)NCCO)c2ccccc2)n1. The molecule has 126 valence electrons. The summed E-state index contributed by atoms with van der Waals surface area (Å²) in [4.78, 5) is 33.2. The number of aliphatic hydroxyl groups excluding tert-OH is 1. The van der Waals surface area contributed by atoms with Crippen LogP contribution >= 0.6 is 0 Å². The molecule has 1 heterocycles. The highest BCUT2D eigenvalue weighted by Crippen LogP contribution is 2.21. The second-order valence-electron chi connectivity index (χ2n) is 4.92. The van der Waals surface area contributed by atoms with Gasteiger partial charge in [0.25, 0.3) is 5.91 Å². The van der Waals surface area contributed by atoms with Crippen LogP contribution in [0.3, 0.4) is 0 Å². The third-order valence-electron chi connectivity index (χ3n) is 3.20. The first-order valence-corrected chi connectivity index (χ1v) is 7.45. The Morgan fingerprint density at radius 3 is 2.62 bits per heavy atom. The van der Waals surface area contributed by atoms with Crippen molar-refractivity contribution in [2.45, 2.75) is 6.42 Å². The number of nitrogens with two attached hydrogens (primary N) is 1. The van der Waals surface area contributed by atoms with E-state index in [2.05, 4.69) is 15.3 Å². The number of para-hydroxylation sites is 1. The molecule has 8 nitrogen and oxygen atoms in total. The number of amides is 2. The summed E-state index contributed by atoms with van der Waals surface area (Å²) in [6, 6.07) is 10.7. The van der Waals surface area contributed by atoms with Gasteiger partial charge in [-0.1, -0.05) is 18.2 Å². The number of nitrogens with one attached hydrogen (secondary N) is 1. The van der Waals surface area contributed by atoms with Crippen LogP contribution in [0.1, 0.15) is 16.9 Å². The molecule has 0 saturated heterocycles. The van der Waals surface area contributed by atoms with Crippen molar-refractivity contribution in [3.63, 3.8) is 0 Å². The Morgan fingerprint density at radius 2 is 1.96 bits per heavy atom. The first kappa shape index (κ1) is 17.4. The van der Waals surface area contributed by atoms with Crippen molar-refractivity contribution in [1.29, 1.82) is 0 Å². The largest absolute Gasteiger partial charge is 0.395 e. The van der Waals surface area contributed by atoms with Crippen molar-refractivity contribution in [3.05, 3.63) is 48.3 Å². The number of carbonyl (C=O) groups excluding carboxylic acids is 2. The van der Waals surface area contributed by atoms with E-state index in [0.717, 1.165) is 5.69 Å². The summed E-state index contributed by atoms with van der Waals surface area (Å²) in [6.07, 6.45) is 1.63. The number of benzene rings is 1. The lowest BCUT2D eigenvalue weighted by molar-refractivity contribution is -0.121. The van der Waals surface area contributed by atoms with Gasteiger partial charge in [0.05, 0.1) is 6.61 Å². The lowest BCUT2D eigenvalue weighted by atomic mass is 10.2. The molecule has 8 heteroatoms. The monoisotopic (exact) mass is 329 g/mol. The van der Waals surface area contributed by atoms with Crippen LogP contribution in [0.5, 0.6) is 0 Å². The predicted molar refractivity (Wildman–Crippen MR) is 88.7 cm³/mol. The molecule has 0 unspecified atom stereocenters. The van der Waals surface area contributed by atoms with E-state index in [0.29, 0.717) is 6.54 Å². The van der Waals surface area contributed by atoms with Crippen LogP contribution in [0.15, 0.2) is 42.6 Å². The molecular weight excluding hydrogens is 310 g/mol. The molecule has 0 bridgehead atoms. The van der Waals surface area contributed by atoms with Crippen molar-refractivity contribution < 1.29 is 14.7 Å². The van der Waals surface area contributed by atoms with E-state index < -0.39 is 5.91 Å². The Kier molecular flexibility index (Phi) is 6.21. The molecule has 0 saturated carbocycles. The van der Waals surface area contributed by atoms with Crippen molar-refractivity contribution >= 4 is 23.5 Å². The smallest absolute Gasteiger partial charge is 0.267 e. The molecule has 2 rings (SSSR count). The minimum atomic E-state index is -0.646. The molecule has 0 radical (unpaired) electrons. The van der Waals surface area contributed by atoms with Gasteiger partial charge in [0.2, 0.25) is 11.9 Å². The highest BCUT2D eigenvalue weighted by Gasteiger charge is 2.15. The average Bonchev–Trinajstić information content (AvgIpc) is 2.61. The summed E-state index contributed by atoms with van der Waals surface area (Å²) in [5.74, 6) is -0.559. The maximum Gasteiger partial charge on any atom is 0.267 e. The molecule has 1 aromatic carbocycles. The number of aliphatic hydroxyl groups is 1. The Morgan fingerprint density at radius 1 is 1.21 bits per heavy atom. The fraction of sp³-hybridized carbons (Fsp3) is 0.250. The molecule has 24 heavy (non-hydrogen) atoms. The number of nitrogens with zero attached hydrogens (tertiary/aromatic N) is 3. The number of hydrogen-bond acceptors (Lipinski definition) is 6. The van der Waals surface area contributed by atoms with Gasteiger partial charge >= 0.3 is 0 Å². The zero-order valence-electron chi connectivity index (χ0n) is 13.1. The van der Waals surface area contributed by atoms with E-state index in [1.807, 2.05) is 30.3 Å². The van der Waals surface area contributed by atoms with E-state index in [1.165, 1.54) is 12.3 Å². The summed E-state index contributed by atoms with van der Waals surface area (Å²) in [5.41, 5.74) is 6.15. The zero-order valence-corrected chi connectivity index (χ0v) is 13.1. The molecule has 2 amide bonds. The Balaban J connectivity index is 2.22. The summed E-state index contributed by atoms with van der Waals surface area (Å²) < 4.78 is 0. The Hall–Kier alpha value is -3.00. The zero-order chi connectivity index (χ0) is 17.4. The van der Waals surface area contributed by atoms with Crippen molar-refractivity contribution in [2.24, 2.45) is 5.73 Å². The van der Waals surface area contributed by atoms with Crippen LogP contribution in [-0.2, 0) is 4.79 Å². The molecule has 0 fully saturated rings. The van der Waals surface area contributed by atoms with Crippen LogP contribution in [0.2, 0.25) is 0 Å². The molecule has 0 aliphatic heterocycles. The fourth-order valence-corrected chi connectivity index (χ4v) is 2.07. The van der Waals surface area contributed by atoms with Gasteiger partial charge in [-0.3, -0.25) is 9.59 Å². The molecule has 0 atom stereocenters. The summed E-state index contributed by atoms with van der Waals surface area (Å²) in [5, 5.41) is 11.3. The molecule has 0 spiro atoms. The lowest BCUT2D eigenvalue weighted by Crippen LogP contribution is -2.31. The second kappa shape index (κ2) is 8.59. The number of hydrogen-bond donors (Lipinski definition) is 3. The topological polar surface area (TPSA) is 121 Å². The van der Waals surface area contributed by atoms with E-state index in [1.54, 1.807) is 4.90 Å².